The third-order valence-corrected chi connectivity index (χ3v) is 8.53. The monoisotopic (exact) mass is 453 g/mol. The highest BCUT2D eigenvalue weighted by molar-refractivity contribution is 7.89. The van der Waals surface area contributed by atoms with Gasteiger partial charge in [-0.2, -0.15) is 9.30 Å². The number of fused-ring (bicyclic) bond motifs is 3. The Morgan fingerprint density at radius 1 is 1.03 bits per heavy atom. The van der Waals surface area contributed by atoms with Crippen LogP contribution in [0.25, 0.3) is 21.0 Å². The van der Waals surface area contributed by atoms with Crippen LogP contribution in [0.2, 0.25) is 0 Å². The summed E-state index contributed by atoms with van der Waals surface area (Å²) < 4.78 is 29.5. The van der Waals surface area contributed by atoms with E-state index in [4.69, 9.17) is 0 Å². The number of hydrogen-bond acceptors (Lipinski definition) is 4. The van der Waals surface area contributed by atoms with Crippen molar-refractivity contribution in [2.24, 2.45) is 12.0 Å². The van der Waals surface area contributed by atoms with E-state index in [-0.39, 0.29) is 10.9 Å². The first-order valence-electron chi connectivity index (χ1n) is 9.84. The molecule has 0 saturated carbocycles. The Morgan fingerprint density at radius 3 is 2.39 bits per heavy atom. The molecule has 0 aliphatic rings. The number of thiazole rings is 1. The van der Waals surface area contributed by atoms with Crippen LogP contribution in [0.5, 0.6) is 0 Å². The molecule has 0 radical (unpaired) electrons. The fourth-order valence-electron chi connectivity index (χ4n) is 3.39. The van der Waals surface area contributed by atoms with E-state index in [1.807, 2.05) is 43.7 Å². The number of sulfonamides is 1. The summed E-state index contributed by atoms with van der Waals surface area (Å²) in [6.45, 7) is 3.62. The third kappa shape index (κ3) is 3.82. The lowest BCUT2D eigenvalue weighted by molar-refractivity contribution is 0.0998. The van der Waals surface area contributed by atoms with Crippen molar-refractivity contribution in [1.29, 1.82) is 0 Å². The van der Waals surface area contributed by atoms with Crippen LogP contribution in [0, 0.1) is 0 Å². The molecule has 0 aliphatic carbocycles. The van der Waals surface area contributed by atoms with Crippen LogP contribution in [-0.4, -0.2) is 36.3 Å². The molecule has 4 rings (SSSR count). The van der Waals surface area contributed by atoms with Crippen molar-refractivity contribution >= 4 is 48.3 Å². The number of carbonyl (C=O) groups excluding carboxylic acids is 1. The summed E-state index contributed by atoms with van der Waals surface area (Å²) in [5, 5.41) is 2.24. The van der Waals surface area contributed by atoms with Gasteiger partial charge in [0, 0.05) is 31.1 Å². The summed E-state index contributed by atoms with van der Waals surface area (Å²) >= 11 is 1.45. The van der Waals surface area contributed by atoms with E-state index >= 15 is 0 Å². The van der Waals surface area contributed by atoms with Crippen LogP contribution >= 0.6 is 11.3 Å². The molecule has 0 unspecified atom stereocenters. The summed E-state index contributed by atoms with van der Waals surface area (Å²) in [5.41, 5.74) is 1.38. The Labute approximate surface area is 185 Å². The molecule has 4 aromatic rings. The van der Waals surface area contributed by atoms with Crippen molar-refractivity contribution in [3.05, 3.63) is 71.0 Å². The lowest BCUT2D eigenvalue weighted by Crippen LogP contribution is -2.33. The minimum absolute atomic E-state index is 0.152. The van der Waals surface area contributed by atoms with Crippen molar-refractivity contribution in [3.63, 3.8) is 0 Å². The lowest BCUT2D eigenvalue weighted by atomic mass is 10.1. The van der Waals surface area contributed by atoms with Gasteiger partial charge in [-0.1, -0.05) is 41.7 Å². The van der Waals surface area contributed by atoms with E-state index in [1.165, 1.54) is 39.9 Å². The highest BCUT2D eigenvalue weighted by atomic mass is 32.2. The molecule has 160 valence electrons. The average Bonchev–Trinajstić information content (AvgIpc) is 3.08. The van der Waals surface area contributed by atoms with Crippen molar-refractivity contribution in [2.75, 3.05) is 7.05 Å². The summed E-state index contributed by atoms with van der Waals surface area (Å²) in [4.78, 5) is 17.8. The Balaban J connectivity index is 1.72. The first kappa shape index (κ1) is 21.4. The lowest BCUT2D eigenvalue weighted by Gasteiger charge is -2.20. The van der Waals surface area contributed by atoms with Crippen molar-refractivity contribution in [1.82, 2.24) is 8.87 Å². The zero-order chi connectivity index (χ0) is 22.3. The summed E-state index contributed by atoms with van der Waals surface area (Å²) in [7, 11) is -0.156. The van der Waals surface area contributed by atoms with Gasteiger partial charge in [-0.15, -0.1) is 0 Å². The quantitative estimate of drug-likeness (QED) is 0.466. The number of rotatable bonds is 4. The SMILES string of the molecule is CC(C)N(C)S(=O)(=O)c1ccc(C(=O)N=c2sc3ccc4ccccc4c3n2C)cc1. The Kier molecular flexibility index (Phi) is 5.55. The van der Waals surface area contributed by atoms with E-state index in [0.717, 1.165) is 21.0 Å². The van der Waals surface area contributed by atoms with Crippen LogP contribution in [0.15, 0.2) is 70.6 Å². The van der Waals surface area contributed by atoms with E-state index < -0.39 is 15.9 Å². The van der Waals surface area contributed by atoms with Gasteiger partial charge in [0.15, 0.2) is 4.80 Å². The van der Waals surface area contributed by atoms with Crippen LogP contribution in [-0.2, 0) is 17.1 Å². The molecule has 0 N–H and O–H groups in total. The third-order valence-electron chi connectivity index (χ3n) is 5.39. The average molecular weight is 454 g/mol. The topological polar surface area (TPSA) is 71.7 Å². The smallest absolute Gasteiger partial charge is 0.279 e. The summed E-state index contributed by atoms with van der Waals surface area (Å²) in [6.07, 6.45) is 0. The molecule has 6 nitrogen and oxygen atoms in total. The molecule has 1 amide bonds. The molecule has 8 heteroatoms. The largest absolute Gasteiger partial charge is 0.319 e. The molecular weight excluding hydrogens is 430 g/mol. The Morgan fingerprint density at radius 2 is 1.71 bits per heavy atom. The van der Waals surface area contributed by atoms with E-state index in [0.29, 0.717) is 10.4 Å². The maximum atomic E-state index is 12.8. The van der Waals surface area contributed by atoms with Gasteiger partial charge < -0.3 is 4.57 Å². The van der Waals surface area contributed by atoms with Crippen molar-refractivity contribution in [2.45, 2.75) is 24.8 Å². The van der Waals surface area contributed by atoms with Gasteiger partial charge in [0.2, 0.25) is 10.0 Å². The number of hydrogen-bond donors (Lipinski definition) is 0. The number of aryl methyl sites for hydroxylation is 1. The maximum Gasteiger partial charge on any atom is 0.279 e. The molecule has 0 atom stereocenters. The molecule has 0 fully saturated rings. The molecular formula is C23H23N3O3S2. The second kappa shape index (κ2) is 8.03. The second-order valence-electron chi connectivity index (χ2n) is 7.63. The van der Waals surface area contributed by atoms with E-state index in [1.54, 1.807) is 7.05 Å². The fraction of sp³-hybridized carbons (Fsp3) is 0.217. The number of amides is 1. The van der Waals surface area contributed by atoms with Gasteiger partial charge in [-0.3, -0.25) is 4.79 Å². The predicted molar refractivity (Wildman–Crippen MR) is 125 cm³/mol. The maximum absolute atomic E-state index is 12.8. The minimum Gasteiger partial charge on any atom is -0.319 e. The standard InChI is InChI=1S/C23H23N3O3S2/c1-15(2)26(4)31(28,29)18-12-9-17(10-13-18)22(27)24-23-25(3)21-19-8-6-5-7-16(19)11-14-20(21)30-23/h5-15H,1-4H3. The molecule has 0 saturated heterocycles. The Hall–Kier alpha value is -2.81. The predicted octanol–water partition coefficient (Wildman–Crippen LogP) is 4.16. The number of nitrogens with zero attached hydrogens (tertiary/aromatic N) is 3. The van der Waals surface area contributed by atoms with Gasteiger partial charge in [0.1, 0.15) is 0 Å². The first-order chi connectivity index (χ1) is 14.7. The van der Waals surface area contributed by atoms with Crippen LogP contribution < -0.4 is 4.80 Å². The van der Waals surface area contributed by atoms with E-state index in [2.05, 4.69) is 23.2 Å². The molecule has 1 aromatic heterocycles. The molecule has 0 aliphatic heterocycles. The highest BCUT2D eigenvalue weighted by Gasteiger charge is 2.23. The summed E-state index contributed by atoms with van der Waals surface area (Å²) in [6, 6.07) is 18.0. The van der Waals surface area contributed by atoms with Crippen LogP contribution in [0.1, 0.15) is 24.2 Å². The van der Waals surface area contributed by atoms with Crippen molar-refractivity contribution < 1.29 is 13.2 Å². The van der Waals surface area contributed by atoms with Gasteiger partial charge in [0.05, 0.1) is 15.1 Å². The van der Waals surface area contributed by atoms with Crippen LogP contribution in [0.3, 0.4) is 0 Å². The second-order valence-corrected chi connectivity index (χ2v) is 10.6. The molecule has 1 heterocycles. The zero-order valence-corrected chi connectivity index (χ0v) is 19.4. The normalized spacial score (nSPS) is 13.0. The minimum atomic E-state index is -3.60. The van der Waals surface area contributed by atoms with Crippen molar-refractivity contribution in [3.8, 4) is 0 Å². The molecule has 0 spiro atoms. The van der Waals surface area contributed by atoms with E-state index in [9.17, 15) is 13.2 Å². The highest BCUT2D eigenvalue weighted by Crippen LogP contribution is 2.26. The molecule has 0 bridgehead atoms. The fourth-order valence-corrected chi connectivity index (χ4v) is 5.79. The summed E-state index contributed by atoms with van der Waals surface area (Å²) in [5.74, 6) is -0.410. The van der Waals surface area contributed by atoms with Gasteiger partial charge >= 0.3 is 0 Å². The number of benzene rings is 3. The first-order valence-corrected chi connectivity index (χ1v) is 12.1. The Bertz CT molecular complexity index is 1460. The molecule has 31 heavy (non-hydrogen) atoms. The van der Waals surface area contributed by atoms with Gasteiger partial charge in [0.25, 0.3) is 5.91 Å². The zero-order valence-electron chi connectivity index (χ0n) is 17.7. The number of carbonyl (C=O) groups is 1. The van der Waals surface area contributed by atoms with Crippen LogP contribution in [0.4, 0.5) is 0 Å². The van der Waals surface area contributed by atoms with Gasteiger partial charge in [-0.05, 0) is 49.6 Å². The molecule has 3 aromatic carbocycles. The number of aromatic nitrogens is 1. The van der Waals surface area contributed by atoms with Gasteiger partial charge in [-0.25, -0.2) is 8.42 Å².